The molecule has 1 aromatic carbocycles. The lowest BCUT2D eigenvalue weighted by Gasteiger charge is -2.37. The molecule has 1 aliphatic rings. The Morgan fingerprint density at radius 3 is 2.60 bits per heavy atom. The number of rotatable bonds is 1. The first kappa shape index (κ1) is 10.4. The summed E-state index contributed by atoms with van der Waals surface area (Å²) in [6.45, 7) is 7.57. The van der Waals surface area contributed by atoms with Gasteiger partial charge in [-0.25, -0.2) is 0 Å². The molecule has 0 radical (unpaired) electrons. The second-order valence-corrected chi connectivity index (χ2v) is 4.63. The van der Waals surface area contributed by atoms with E-state index in [4.69, 9.17) is 0 Å². The summed E-state index contributed by atoms with van der Waals surface area (Å²) in [6, 6.07) is 11.3. The van der Waals surface area contributed by atoms with E-state index in [0.717, 1.165) is 13.0 Å². The van der Waals surface area contributed by atoms with Crippen LogP contribution in [-0.2, 0) is 0 Å². The van der Waals surface area contributed by atoms with E-state index < -0.39 is 0 Å². The van der Waals surface area contributed by atoms with E-state index in [9.17, 15) is 0 Å². The highest BCUT2D eigenvalue weighted by Crippen LogP contribution is 2.34. The van der Waals surface area contributed by atoms with E-state index in [1.807, 2.05) is 0 Å². The maximum atomic E-state index is 4.18. The van der Waals surface area contributed by atoms with Gasteiger partial charge in [-0.15, -0.1) is 0 Å². The third kappa shape index (κ3) is 2.13. The molecule has 1 aliphatic heterocycles. The number of likely N-dealkylation sites (tertiary alicyclic amines) is 1. The first-order valence-electron chi connectivity index (χ1n) is 5.61. The summed E-state index contributed by atoms with van der Waals surface area (Å²) in [5.74, 6) is 0.634. The molecular weight excluding hydrogens is 182 g/mol. The van der Waals surface area contributed by atoms with Gasteiger partial charge in [-0.05, 0) is 24.9 Å². The standard InChI is InChI=1S/C14H19N/c1-11-9-14(15(3)10-12(11)2)13-7-5-4-6-8-13/h4-8,12,14H,1,9-10H2,2-3H3/t12-,14+/m0/s1. The summed E-state index contributed by atoms with van der Waals surface area (Å²) in [4.78, 5) is 2.44. The minimum atomic E-state index is 0.523. The molecule has 1 aromatic rings. The van der Waals surface area contributed by atoms with E-state index in [1.54, 1.807) is 0 Å². The van der Waals surface area contributed by atoms with Crippen molar-refractivity contribution in [2.24, 2.45) is 5.92 Å². The van der Waals surface area contributed by atoms with Crippen LogP contribution in [0.4, 0.5) is 0 Å². The lowest BCUT2D eigenvalue weighted by molar-refractivity contribution is 0.186. The van der Waals surface area contributed by atoms with Crippen LogP contribution in [0.3, 0.4) is 0 Å². The zero-order chi connectivity index (χ0) is 10.8. The molecule has 1 nitrogen and oxygen atoms in total. The smallest absolute Gasteiger partial charge is 0.0382 e. The molecule has 1 saturated heterocycles. The van der Waals surface area contributed by atoms with Crippen molar-refractivity contribution in [3.05, 3.63) is 48.0 Å². The maximum Gasteiger partial charge on any atom is 0.0382 e. The highest BCUT2D eigenvalue weighted by atomic mass is 15.1. The molecule has 2 atom stereocenters. The Bertz CT molecular complexity index is 342. The van der Waals surface area contributed by atoms with Crippen LogP contribution in [0, 0.1) is 5.92 Å². The van der Waals surface area contributed by atoms with Crippen LogP contribution in [0.25, 0.3) is 0 Å². The fraction of sp³-hybridized carbons (Fsp3) is 0.429. The molecule has 80 valence electrons. The van der Waals surface area contributed by atoms with Gasteiger partial charge >= 0.3 is 0 Å². The van der Waals surface area contributed by atoms with Crippen molar-refractivity contribution >= 4 is 0 Å². The van der Waals surface area contributed by atoms with Gasteiger partial charge in [0.1, 0.15) is 0 Å². The first-order chi connectivity index (χ1) is 7.18. The fourth-order valence-corrected chi connectivity index (χ4v) is 2.34. The molecule has 1 fully saturated rings. The van der Waals surface area contributed by atoms with Crippen molar-refractivity contribution in [1.29, 1.82) is 0 Å². The van der Waals surface area contributed by atoms with Gasteiger partial charge in [-0.1, -0.05) is 49.4 Å². The fourth-order valence-electron chi connectivity index (χ4n) is 2.34. The zero-order valence-electron chi connectivity index (χ0n) is 9.61. The van der Waals surface area contributed by atoms with E-state index in [0.29, 0.717) is 12.0 Å². The summed E-state index contributed by atoms with van der Waals surface area (Å²) >= 11 is 0. The molecule has 0 spiro atoms. The van der Waals surface area contributed by atoms with Crippen molar-refractivity contribution in [1.82, 2.24) is 4.90 Å². The normalized spacial score (nSPS) is 28.0. The van der Waals surface area contributed by atoms with Crippen LogP contribution in [0.2, 0.25) is 0 Å². The first-order valence-corrected chi connectivity index (χ1v) is 5.61. The van der Waals surface area contributed by atoms with Crippen molar-refractivity contribution in [2.75, 3.05) is 13.6 Å². The van der Waals surface area contributed by atoms with Crippen LogP contribution in [0.1, 0.15) is 24.9 Å². The molecule has 15 heavy (non-hydrogen) atoms. The Hall–Kier alpha value is -1.08. The van der Waals surface area contributed by atoms with E-state index in [1.165, 1.54) is 11.1 Å². The Morgan fingerprint density at radius 2 is 1.93 bits per heavy atom. The third-order valence-electron chi connectivity index (χ3n) is 3.43. The molecule has 0 N–H and O–H groups in total. The highest BCUT2D eigenvalue weighted by molar-refractivity contribution is 5.23. The monoisotopic (exact) mass is 201 g/mol. The number of hydrogen-bond acceptors (Lipinski definition) is 1. The van der Waals surface area contributed by atoms with Gasteiger partial charge in [0.05, 0.1) is 0 Å². The van der Waals surface area contributed by atoms with Crippen molar-refractivity contribution in [2.45, 2.75) is 19.4 Å². The van der Waals surface area contributed by atoms with Crippen LogP contribution >= 0.6 is 0 Å². The van der Waals surface area contributed by atoms with Crippen LogP contribution in [0.5, 0.6) is 0 Å². The van der Waals surface area contributed by atoms with Gasteiger partial charge < -0.3 is 0 Å². The average molecular weight is 201 g/mol. The van der Waals surface area contributed by atoms with Crippen molar-refractivity contribution in [3.63, 3.8) is 0 Å². The lowest BCUT2D eigenvalue weighted by Crippen LogP contribution is -2.35. The molecule has 1 heterocycles. The van der Waals surface area contributed by atoms with Crippen LogP contribution in [-0.4, -0.2) is 18.5 Å². The van der Waals surface area contributed by atoms with E-state index in [-0.39, 0.29) is 0 Å². The molecule has 0 saturated carbocycles. The minimum Gasteiger partial charge on any atom is -0.298 e. The molecular formula is C14H19N. The minimum absolute atomic E-state index is 0.523. The molecule has 0 bridgehead atoms. The zero-order valence-corrected chi connectivity index (χ0v) is 9.61. The topological polar surface area (TPSA) is 3.24 Å². The number of piperidine rings is 1. The Kier molecular flexibility index (Phi) is 2.92. The second-order valence-electron chi connectivity index (χ2n) is 4.63. The summed E-state index contributed by atoms with van der Waals surface area (Å²) in [6.07, 6.45) is 1.10. The van der Waals surface area contributed by atoms with Gasteiger partial charge in [0, 0.05) is 12.6 Å². The van der Waals surface area contributed by atoms with Gasteiger partial charge in [-0.2, -0.15) is 0 Å². The quantitative estimate of drug-likeness (QED) is 0.630. The predicted molar refractivity (Wildman–Crippen MR) is 64.7 cm³/mol. The third-order valence-corrected chi connectivity index (χ3v) is 3.43. The Labute approximate surface area is 92.4 Å². The second kappa shape index (κ2) is 4.19. The summed E-state index contributed by atoms with van der Waals surface area (Å²) in [5.41, 5.74) is 2.80. The van der Waals surface area contributed by atoms with Gasteiger partial charge in [-0.3, -0.25) is 4.90 Å². The van der Waals surface area contributed by atoms with Gasteiger partial charge in [0.2, 0.25) is 0 Å². The van der Waals surface area contributed by atoms with Crippen LogP contribution < -0.4 is 0 Å². The molecule has 2 rings (SSSR count). The van der Waals surface area contributed by atoms with Crippen molar-refractivity contribution in [3.8, 4) is 0 Å². The summed E-state index contributed by atoms with van der Waals surface area (Å²) in [5, 5.41) is 0. The lowest BCUT2D eigenvalue weighted by atomic mass is 9.87. The molecule has 0 aliphatic carbocycles. The Balaban J connectivity index is 2.20. The summed E-state index contributed by atoms with van der Waals surface area (Å²) < 4.78 is 0. The van der Waals surface area contributed by atoms with Crippen LogP contribution in [0.15, 0.2) is 42.5 Å². The number of benzene rings is 1. The van der Waals surface area contributed by atoms with Crippen molar-refractivity contribution < 1.29 is 0 Å². The SMILES string of the molecule is C=C1C[C@H](c2ccccc2)N(C)C[C@@H]1C. The number of nitrogens with zero attached hydrogens (tertiary/aromatic N) is 1. The molecule has 0 unspecified atom stereocenters. The Morgan fingerprint density at radius 1 is 1.27 bits per heavy atom. The van der Waals surface area contributed by atoms with E-state index in [2.05, 4.69) is 55.8 Å². The average Bonchev–Trinajstić information content (AvgIpc) is 2.25. The molecule has 0 aromatic heterocycles. The maximum absolute atomic E-state index is 4.18. The predicted octanol–water partition coefficient (Wildman–Crippen LogP) is 3.26. The summed E-state index contributed by atoms with van der Waals surface area (Å²) in [7, 11) is 2.21. The highest BCUT2D eigenvalue weighted by Gasteiger charge is 2.26. The largest absolute Gasteiger partial charge is 0.298 e. The molecule has 0 amide bonds. The van der Waals surface area contributed by atoms with E-state index >= 15 is 0 Å². The number of hydrogen-bond donors (Lipinski definition) is 0. The van der Waals surface area contributed by atoms with Gasteiger partial charge in [0.15, 0.2) is 0 Å². The van der Waals surface area contributed by atoms with Gasteiger partial charge in [0.25, 0.3) is 0 Å². The molecule has 1 heteroatoms.